The van der Waals surface area contributed by atoms with Gasteiger partial charge in [0.15, 0.2) is 0 Å². The highest BCUT2D eigenvalue weighted by atomic mass is 16.1. The zero-order chi connectivity index (χ0) is 13.1. The van der Waals surface area contributed by atoms with Crippen molar-refractivity contribution in [3.63, 3.8) is 0 Å². The number of amides is 1. The van der Waals surface area contributed by atoms with Crippen molar-refractivity contribution in [1.29, 1.82) is 0 Å². The van der Waals surface area contributed by atoms with Gasteiger partial charge in [-0.1, -0.05) is 6.07 Å². The van der Waals surface area contributed by atoms with Crippen LogP contribution in [0.25, 0.3) is 0 Å². The summed E-state index contributed by atoms with van der Waals surface area (Å²) in [5, 5.41) is 6.25. The van der Waals surface area contributed by atoms with E-state index in [0.29, 0.717) is 12.6 Å². The summed E-state index contributed by atoms with van der Waals surface area (Å²) >= 11 is 0. The first-order chi connectivity index (χ1) is 8.58. The topological polar surface area (TPSA) is 44.4 Å². The number of nitrogens with one attached hydrogen (secondary N) is 2. The third-order valence-corrected chi connectivity index (χ3v) is 3.54. The molecule has 0 spiro atoms. The lowest BCUT2D eigenvalue weighted by atomic mass is 10.1. The third-order valence-electron chi connectivity index (χ3n) is 3.54. The number of carbonyl (C=O) groups excluding carboxylic acids is 1. The van der Waals surface area contributed by atoms with Crippen LogP contribution in [0.4, 0.5) is 0 Å². The van der Waals surface area contributed by atoms with E-state index in [2.05, 4.69) is 22.5 Å². The van der Waals surface area contributed by atoms with Crippen LogP contribution in [-0.2, 0) is 13.1 Å². The van der Waals surface area contributed by atoms with Crippen LogP contribution < -0.4 is 10.6 Å². The van der Waals surface area contributed by atoms with E-state index in [0.717, 1.165) is 18.7 Å². The molecule has 4 nitrogen and oxygen atoms in total. The van der Waals surface area contributed by atoms with Crippen molar-refractivity contribution in [1.82, 2.24) is 15.5 Å². The minimum Gasteiger partial charge on any atom is -0.350 e. The summed E-state index contributed by atoms with van der Waals surface area (Å²) in [7, 11) is 4.02. The van der Waals surface area contributed by atoms with Crippen LogP contribution in [0.3, 0.4) is 0 Å². The number of rotatable bonds is 4. The molecule has 2 N–H and O–H groups in total. The van der Waals surface area contributed by atoms with E-state index < -0.39 is 0 Å². The Morgan fingerprint density at radius 2 is 2.11 bits per heavy atom. The van der Waals surface area contributed by atoms with E-state index in [1.54, 1.807) is 0 Å². The van der Waals surface area contributed by atoms with Gasteiger partial charge < -0.3 is 15.5 Å². The minimum atomic E-state index is 0.0124. The van der Waals surface area contributed by atoms with Crippen LogP contribution in [0.15, 0.2) is 18.2 Å². The highest BCUT2D eigenvalue weighted by Crippen LogP contribution is 2.16. The fourth-order valence-electron chi connectivity index (χ4n) is 1.96. The number of nitrogens with zero attached hydrogens (tertiary/aromatic N) is 1. The average Bonchev–Trinajstić information content (AvgIpc) is 2.82. The highest BCUT2D eigenvalue weighted by molar-refractivity contribution is 5.94. The van der Waals surface area contributed by atoms with Crippen LogP contribution >= 0.6 is 0 Å². The molecule has 1 amide bonds. The Bertz CT molecular complexity index is 443. The summed E-state index contributed by atoms with van der Waals surface area (Å²) in [4.78, 5) is 14.1. The van der Waals surface area contributed by atoms with Crippen LogP contribution in [0.2, 0.25) is 0 Å². The summed E-state index contributed by atoms with van der Waals surface area (Å²) in [6.45, 7) is 4.54. The number of likely N-dealkylation sites (N-methyl/N-ethyl adjacent to an activating group) is 1. The molecule has 0 bridgehead atoms. The third kappa shape index (κ3) is 2.89. The highest BCUT2D eigenvalue weighted by Gasteiger charge is 2.14. The lowest BCUT2D eigenvalue weighted by Gasteiger charge is -2.20. The van der Waals surface area contributed by atoms with Crippen molar-refractivity contribution >= 4 is 5.91 Å². The van der Waals surface area contributed by atoms with Crippen molar-refractivity contribution in [2.24, 2.45) is 0 Å². The predicted molar refractivity (Wildman–Crippen MR) is 72.5 cm³/mol. The summed E-state index contributed by atoms with van der Waals surface area (Å²) in [6.07, 6.45) is 0. The number of carbonyl (C=O) groups is 1. The van der Waals surface area contributed by atoms with Gasteiger partial charge >= 0.3 is 0 Å². The van der Waals surface area contributed by atoms with Gasteiger partial charge in [0.05, 0.1) is 0 Å². The molecule has 1 aromatic rings. The maximum atomic E-state index is 12.0. The van der Waals surface area contributed by atoms with Crippen LogP contribution in [0.5, 0.6) is 0 Å². The molecule has 1 unspecified atom stereocenters. The fraction of sp³-hybridized carbons (Fsp3) is 0.500. The molecule has 0 aromatic heterocycles. The summed E-state index contributed by atoms with van der Waals surface area (Å²) < 4.78 is 0. The molecule has 0 saturated heterocycles. The van der Waals surface area contributed by atoms with E-state index in [1.807, 2.05) is 32.3 Å². The number of fused-ring (bicyclic) bond motifs is 1. The van der Waals surface area contributed by atoms with Crippen LogP contribution in [0, 0.1) is 0 Å². The lowest BCUT2D eigenvalue weighted by Crippen LogP contribution is -2.38. The predicted octanol–water partition coefficient (Wildman–Crippen LogP) is 0.970. The standard InChI is InChI=1S/C14H21N3O/c1-10(17(2)3)7-16-14(18)11-4-5-12-8-15-9-13(12)6-11/h4-6,10,15H,7-9H2,1-3H3,(H,16,18). The first-order valence-corrected chi connectivity index (χ1v) is 6.35. The van der Waals surface area contributed by atoms with Gasteiger partial charge in [0.1, 0.15) is 0 Å². The molecule has 0 saturated carbocycles. The van der Waals surface area contributed by atoms with Crippen molar-refractivity contribution in [3.8, 4) is 0 Å². The van der Waals surface area contributed by atoms with E-state index in [4.69, 9.17) is 0 Å². The molecule has 2 rings (SSSR count). The molecule has 0 radical (unpaired) electrons. The second-order valence-corrected chi connectivity index (χ2v) is 5.11. The summed E-state index contributed by atoms with van der Waals surface area (Å²) in [6, 6.07) is 6.27. The first kappa shape index (κ1) is 13.1. The smallest absolute Gasteiger partial charge is 0.251 e. The maximum absolute atomic E-state index is 12.0. The second kappa shape index (κ2) is 5.50. The van der Waals surface area contributed by atoms with Gasteiger partial charge in [-0.2, -0.15) is 0 Å². The van der Waals surface area contributed by atoms with Crippen LogP contribution in [-0.4, -0.2) is 37.5 Å². The number of hydrogen-bond acceptors (Lipinski definition) is 3. The van der Waals surface area contributed by atoms with Crippen molar-refractivity contribution in [2.75, 3.05) is 20.6 Å². The van der Waals surface area contributed by atoms with Crippen molar-refractivity contribution in [2.45, 2.75) is 26.1 Å². The zero-order valence-corrected chi connectivity index (χ0v) is 11.3. The van der Waals surface area contributed by atoms with Crippen molar-refractivity contribution < 1.29 is 4.79 Å². The van der Waals surface area contributed by atoms with Gasteiger partial charge in [0, 0.05) is 31.2 Å². The monoisotopic (exact) mass is 247 g/mol. The van der Waals surface area contributed by atoms with E-state index in [1.165, 1.54) is 11.1 Å². The maximum Gasteiger partial charge on any atom is 0.251 e. The SMILES string of the molecule is CC(CNC(=O)c1ccc2c(c1)CNC2)N(C)C. The van der Waals surface area contributed by atoms with Crippen LogP contribution in [0.1, 0.15) is 28.4 Å². The molecule has 0 aliphatic carbocycles. The number of benzene rings is 1. The fourth-order valence-corrected chi connectivity index (χ4v) is 1.96. The minimum absolute atomic E-state index is 0.0124. The van der Waals surface area contributed by atoms with Gasteiger partial charge in [0.2, 0.25) is 0 Å². The van der Waals surface area contributed by atoms with E-state index in [-0.39, 0.29) is 5.91 Å². The van der Waals surface area contributed by atoms with Gasteiger partial charge in [-0.3, -0.25) is 4.79 Å². The summed E-state index contributed by atoms with van der Waals surface area (Å²) in [5.74, 6) is 0.0124. The molecule has 1 aliphatic heterocycles. The second-order valence-electron chi connectivity index (χ2n) is 5.11. The molecule has 1 atom stereocenters. The molecular weight excluding hydrogens is 226 g/mol. The average molecular weight is 247 g/mol. The Balaban J connectivity index is 1.97. The zero-order valence-electron chi connectivity index (χ0n) is 11.3. The number of hydrogen-bond donors (Lipinski definition) is 2. The molecule has 1 heterocycles. The Kier molecular flexibility index (Phi) is 3.99. The molecule has 18 heavy (non-hydrogen) atoms. The molecule has 98 valence electrons. The van der Waals surface area contributed by atoms with E-state index >= 15 is 0 Å². The summed E-state index contributed by atoms with van der Waals surface area (Å²) in [5.41, 5.74) is 3.29. The van der Waals surface area contributed by atoms with Gasteiger partial charge in [-0.15, -0.1) is 0 Å². The molecule has 1 aliphatic rings. The normalized spacial score (nSPS) is 15.6. The van der Waals surface area contributed by atoms with Gasteiger partial charge in [-0.05, 0) is 44.3 Å². The molecule has 0 fully saturated rings. The molecular formula is C14H21N3O. The first-order valence-electron chi connectivity index (χ1n) is 6.35. The van der Waals surface area contributed by atoms with Gasteiger partial charge in [-0.25, -0.2) is 0 Å². The molecule has 1 aromatic carbocycles. The largest absolute Gasteiger partial charge is 0.350 e. The quantitative estimate of drug-likeness (QED) is 0.833. The van der Waals surface area contributed by atoms with Gasteiger partial charge in [0.25, 0.3) is 5.91 Å². The Hall–Kier alpha value is -1.39. The lowest BCUT2D eigenvalue weighted by molar-refractivity contribution is 0.0943. The Morgan fingerprint density at radius 3 is 2.83 bits per heavy atom. The van der Waals surface area contributed by atoms with Crippen molar-refractivity contribution in [3.05, 3.63) is 34.9 Å². The molecule has 4 heteroatoms. The Labute approximate surface area is 108 Å². The Morgan fingerprint density at radius 1 is 1.39 bits per heavy atom. The van der Waals surface area contributed by atoms with E-state index in [9.17, 15) is 4.79 Å².